The van der Waals surface area contributed by atoms with Gasteiger partial charge in [0.2, 0.25) is 10.0 Å². The van der Waals surface area contributed by atoms with Gasteiger partial charge in [-0.25, -0.2) is 17.8 Å². The number of halogens is 1. The standard InChI is InChI=1S/C21H20FN5O5S/c22-15-5-8-18-17(11-15)21(30)26(13-23-18)12-19(28)24-25-20(29)14-3-6-16(7-4-14)33(31,32)27-9-1-2-10-27/h3-8,11,13H,1-2,9-10,12H2,(H,24,28)(H,25,29). The fraction of sp³-hybridized carbons (Fsp3) is 0.238. The normalized spacial score (nSPS) is 14.3. The van der Waals surface area contributed by atoms with Crippen LogP contribution in [0.3, 0.4) is 0 Å². The Morgan fingerprint density at radius 3 is 2.42 bits per heavy atom. The number of hydrogen-bond donors (Lipinski definition) is 2. The van der Waals surface area contributed by atoms with Gasteiger partial charge in [-0.3, -0.25) is 29.8 Å². The van der Waals surface area contributed by atoms with Crippen molar-refractivity contribution >= 4 is 32.7 Å². The number of hydrogen-bond acceptors (Lipinski definition) is 6. The lowest BCUT2D eigenvalue weighted by Gasteiger charge is -2.15. The first kappa shape index (κ1) is 22.6. The lowest BCUT2D eigenvalue weighted by atomic mass is 10.2. The van der Waals surface area contributed by atoms with Crippen molar-refractivity contribution in [2.45, 2.75) is 24.3 Å². The molecule has 1 aliphatic rings. The smallest absolute Gasteiger partial charge is 0.269 e. The van der Waals surface area contributed by atoms with Crippen LogP contribution in [-0.2, 0) is 21.4 Å². The van der Waals surface area contributed by atoms with Crippen LogP contribution in [0.15, 0.2) is 58.5 Å². The summed E-state index contributed by atoms with van der Waals surface area (Å²) in [6, 6.07) is 8.93. The van der Waals surface area contributed by atoms with E-state index >= 15 is 0 Å². The molecule has 33 heavy (non-hydrogen) atoms. The Bertz CT molecular complexity index is 1380. The van der Waals surface area contributed by atoms with Gasteiger partial charge in [0.05, 0.1) is 22.1 Å². The molecule has 0 bridgehead atoms. The van der Waals surface area contributed by atoms with Crippen molar-refractivity contribution < 1.29 is 22.4 Å². The van der Waals surface area contributed by atoms with Gasteiger partial charge in [0.15, 0.2) is 0 Å². The van der Waals surface area contributed by atoms with Crippen molar-refractivity contribution in [3.8, 4) is 0 Å². The molecule has 12 heteroatoms. The number of carbonyl (C=O) groups is 2. The number of nitrogens with zero attached hydrogens (tertiary/aromatic N) is 3. The van der Waals surface area contributed by atoms with E-state index in [0.29, 0.717) is 18.6 Å². The number of nitrogens with one attached hydrogen (secondary N) is 2. The Balaban J connectivity index is 1.38. The Kier molecular flexibility index (Phi) is 6.20. The maximum Gasteiger partial charge on any atom is 0.269 e. The number of amides is 2. The van der Waals surface area contributed by atoms with Gasteiger partial charge in [-0.1, -0.05) is 0 Å². The monoisotopic (exact) mass is 473 g/mol. The van der Waals surface area contributed by atoms with Crippen molar-refractivity contribution in [3.05, 3.63) is 70.5 Å². The molecule has 1 aromatic heterocycles. The Labute approximate surface area is 188 Å². The third kappa shape index (κ3) is 4.76. The summed E-state index contributed by atoms with van der Waals surface area (Å²) in [6.07, 6.45) is 2.79. The average Bonchev–Trinajstić information content (AvgIpc) is 3.36. The molecule has 2 N–H and O–H groups in total. The van der Waals surface area contributed by atoms with Crippen LogP contribution < -0.4 is 16.4 Å². The number of fused-ring (bicyclic) bond motifs is 1. The first-order valence-electron chi connectivity index (χ1n) is 10.1. The number of hydrazine groups is 1. The number of sulfonamides is 1. The zero-order valence-electron chi connectivity index (χ0n) is 17.3. The van der Waals surface area contributed by atoms with Crippen LogP contribution in [0.2, 0.25) is 0 Å². The van der Waals surface area contributed by atoms with Crippen LogP contribution in [0.25, 0.3) is 10.9 Å². The van der Waals surface area contributed by atoms with Gasteiger partial charge < -0.3 is 0 Å². The molecule has 10 nitrogen and oxygen atoms in total. The van der Waals surface area contributed by atoms with Gasteiger partial charge >= 0.3 is 0 Å². The molecule has 0 saturated carbocycles. The van der Waals surface area contributed by atoms with Crippen LogP contribution >= 0.6 is 0 Å². The largest absolute Gasteiger partial charge is 0.289 e. The summed E-state index contributed by atoms with van der Waals surface area (Å²) in [5.74, 6) is -1.98. The van der Waals surface area contributed by atoms with Crippen LogP contribution in [-0.4, -0.2) is 47.2 Å². The van der Waals surface area contributed by atoms with Crippen LogP contribution in [0.5, 0.6) is 0 Å². The third-order valence-electron chi connectivity index (χ3n) is 5.23. The minimum atomic E-state index is -3.59. The molecule has 0 spiro atoms. The van der Waals surface area contributed by atoms with Crippen molar-refractivity contribution in [2.75, 3.05) is 13.1 Å². The molecule has 0 radical (unpaired) electrons. The molecule has 2 heterocycles. The molecular weight excluding hydrogens is 453 g/mol. The highest BCUT2D eigenvalue weighted by molar-refractivity contribution is 7.89. The van der Waals surface area contributed by atoms with Crippen LogP contribution in [0.4, 0.5) is 4.39 Å². The molecule has 1 saturated heterocycles. The van der Waals surface area contributed by atoms with Gasteiger partial charge in [0.25, 0.3) is 17.4 Å². The van der Waals surface area contributed by atoms with E-state index in [0.717, 1.165) is 29.8 Å². The molecule has 0 aliphatic carbocycles. The fourth-order valence-electron chi connectivity index (χ4n) is 3.49. The maximum atomic E-state index is 13.4. The fourth-order valence-corrected chi connectivity index (χ4v) is 5.01. The second-order valence-electron chi connectivity index (χ2n) is 7.48. The zero-order valence-corrected chi connectivity index (χ0v) is 18.1. The number of benzene rings is 2. The average molecular weight is 473 g/mol. The van der Waals surface area contributed by atoms with E-state index < -0.39 is 39.8 Å². The van der Waals surface area contributed by atoms with Crippen molar-refractivity contribution in [3.63, 3.8) is 0 Å². The molecule has 0 atom stereocenters. The SMILES string of the molecule is O=C(Cn1cnc2ccc(F)cc2c1=O)NNC(=O)c1ccc(S(=O)(=O)N2CCCC2)cc1. The highest BCUT2D eigenvalue weighted by Crippen LogP contribution is 2.21. The second-order valence-corrected chi connectivity index (χ2v) is 9.41. The Morgan fingerprint density at radius 2 is 1.73 bits per heavy atom. The zero-order chi connectivity index (χ0) is 23.6. The number of carbonyl (C=O) groups excluding carboxylic acids is 2. The Morgan fingerprint density at radius 1 is 1.03 bits per heavy atom. The van der Waals surface area contributed by atoms with Crippen LogP contribution in [0, 0.1) is 5.82 Å². The van der Waals surface area contributed by atoms with Crippen LogP contribution in [0.1, 0.15) is 23.2 Å². The quantitative estimate of drug-likeness (QED) is 0.527. The first-order chi connectivity index (χ1) is 15.8. The summed E-state index contributed by atoms with van der Waals surface area (Å²) in [5.41, 5.74) is 4.21. The molecule has 1 fully saturated rings. The van der Waals surface area contributed by atoms with Crippen molar-refractivity contribution in [2.24, 2.45) is 0 Å². The molecular formula is C21H20FN5O5S. The predicted octanol–water partition coefficient (Wildman–Crippen LogP) is 0.781. The van der Waals surface area contributed by atoms with Gasteiger partial charge in [-0.2, -0.15) is 4.31 Å². The summed E-state index contributed by atoms with van der Waals surface area (Å²) in [6.45, 7) is 0.494. The lowest BCUT2D eigenvalue weighted by Crippen LogP contribution is -2.44. The number of aromatic nitrogens is 2. The number of rotatable bonds is 5. The van der Waals surface area contributed by atoms with Gasteiger partial charge in [0, 0.05) is 18.7 Å². The third-order valence-corrected chi connectivity index (χ3v) is 7.15. The summed E-state index contributed by atoms with van der Waals surface area (Å²) < 4.78 is 40.9. The summed E-state index contributed by atoms with van der Waals surface area (Å²) in [5, 5.41) is 0.0262. The molecule has 2 amide bonds. The van der Waals surface area contributed by atoms with E-state index in [2.05, 4.69) is 15.8 Å². The van der Waals surface area contributed by atoms with Gasteiger partial charge in [0.1, 0.15) is 12.4 Å². The van der Waals surface area contributed by atoms with Gasteiger partial charge in [-0.05, 0) is 55.3 Å². The van der Waals surface area contributed by atoms with Gasteiger partial charge in [-0.15, -0.1) is 0 Å². The van der Waals surface area contributed by atoms with E-state index in [-0.39, 0.29) is 15.8 Å². The molecule has 4 rings (SSSR count). The van der Waals surface area contributed by atoms with E-state index in [4.69, 9.17) is 0 Å². The minimum Gasteiger partial charge on any atom is -0.289 e. The minimum absolute atomic E-state index is 0.0262. The van der Waals surface area contributed by atoms with E-state index in [1.165, 1.54) is 40.7 Å². The summed E-state index contributed by atoms with van der Waals surface area (Å²) in [4.78, 5) is 41.0. The van der Waals surface area contributed by atoms with E-state index in [1.807, 2.05) is 0 Å². The molecule has 172 valence electrons. The maximum absolute atomic E-state index is 13.4. The summed E-state index contributed by atoms with van der Waals surface area (Å²) >= 11 is 0. The second kappa shape index (κ2) is 9.08. The molecule has 0 unspecified atom stereocenters. The highest BCUT2D eigenvalue weighted by Gasteiger charge is 2.27. The van der Waals surface area contributed by atoms with Crippen molar-refractivity contribution in [1.29, 1.82) is 0 Å². The predicted molar refractivity (Wildman–Crippen MR) is 116 cm³/mol. The lowest BCUT2D eigenvalue weighted by molar-refractivity contribution is -0.122. The topological polar surface area (TPSA) is 130 Å². The molecule has 2 aromatic carbocycles. The Hall–Kier alpha value is -3.64. The van der Waals surface area contributed by atoms with E-state index in [1.54, 1.807) is 0 Å². The van der Waals surface area contributed by atoms with E-state index in [9.17, 15) is 27.2 Å². The highest BCUT2D eigenvalue weighted by atomic mass is 32.2. The molecule has 3 aromatic rings. The first-order valence-corrected chi connectivity index (χ1v) is 11.5. The molecule has 1 aliphatic heterocycles. The van der Waals surface area contributed by atoms with Crippen molar-refractivity contribution in [1.82, 2.24) is 24.7 Å². The summed E-state index contributed by atoms with van der Waals surface area (Å²) in [7, 11) is -3.59.